The summed E-state index contributed by atoms with van der Waals surface area (Å²) >= 11 is 0. The van der Waals surface area contributed by atoms with Crippen LogP contribution in [-0.2, 0) is 9.53 Å². The Bertz CT molecular complexity index is 337. The second-order valence-electron chi connectivity index (χ2n) is 4.22. The van der Waals surface area contributed by atoms with Crippen LogP contribution in [0.15, 0.2) is 30.3 Å². The number of carbonyl (C=O) groups is 1. The molecule has 0 aliphatic rings. The van der Waals surface area contributed by atoms with E-state index in [0.717, 1.165) is 18.4 Å². The third-order valence-corrected chi connectivity index (χ3v) is 2.74. The largest absolute Gasteiger partial charge is 0.468 e. The first-order chi connectivity index (χ1) is 8.19. The summed E-state index contributed by atoms with van der Waals surface area (Å²) in [5.74, 6) is -0.237. The molecule has 0 fully saturated rings. The van der Waals surface area contributed by atoms with Gasteiger partial charge in [0.05, 0.1) is 7.11 Å². The van der Waals surface area contributed by atoms with Crippen molar-refractivity contribution in [2.75, 3.05) is 7.11 Å². The summed E-state index contributed by atoms with van der Waals surface area (Å²) in [6.45, 7) is 4.22. The Morgan fingerprint density at radius 2 is 2.00 bits per heavy atom. The average molecular weight is 235 g/mol. The van der Waals surface area contributed by atoms with Crippen molar-refractivity contribution >= 4 is 5.97 Å². The molecule has 0 aliphatic carbocycles. The van der Waals surface area contributed by atoms with Gasteiger partial charge >= 0.3 is 5.97 Å². The number of rotatable bonds is 6. The standard InChI is InChI=1S/C14H21NO2/c1-4-8-11(2)15-13(14(16)17-3)12-9-6-5-7-10-12/h5-7,9-11,13,15H,4,8H2,1-3H3. The predicted molar refractivity (Wildman–Crippen MR) is 68.7 cm³/mol. The maximum atomic E-state index is 11.8. The van der Waals surface area contributed by atoms with Crippen molar-refractivity contribution in [2.24, 2.45) is 0 Å². The van der Waals surface area contributed by atoms with Gasteiger partial charge in [0.1, 0.15) is 6.04 Å². The summed E-state index contributed by atoms with van der Waals surface area (Å²) < 4.78 is 4.84. The smallest absolute Gasteiger partial charge is 0.327 e. The van der Waals surface area contributed by atoms with Crippen LogP contribution in [0, 0.1) is 0 Å². The zero-order valence-corrected chi connectivity index (χ0v) is 10.8. The molecule has 0 aromatic heterocycles. The maximum Gasteiger partial charge on any atom is 0.327 e. The van der Waals surface area contributed by atoms with Crippen molar-refractivity contribution in [3.63, 3.8) is 0 Å². The second-order valence-corrected chi connectivity index (χ2v) is 4.22. The molecule has 0 saturated carbocycles. The van der Waals surface area contributed by atoms with E-state index in [-0.39, 0.29) is 12.0 Å². The summed E-state index contributed by atoms with van der Waals surface area (Å²) in [5, 5.41) is 3.31. The molecule has 0 spiro atoms. The monoisotopic (exact) mass is 235 g/mol. The van der Waals surface area contributed by atoms with Crippen molar-refractivity contribution < 1.29 is 9.53 Å². The third kappa shape index (κ3) is 4.19. The first kappa shape index (κ1) is 13.7. The Morgan fingerprint density at radius 1 is 1.35 bits per heavy atom. The molecule has 1 N–H and O–H groups in total. The lowest BCUT2D eigenvalue weighted by Crippen LogP contribution is -2.35. The molecule has 2 atom stereocenters. The van der Waals surface area contributed by atoms with Crippen molar-refractivity contribution in [3.05, 3.63) is 35.9 Å². The lowest BCUT2D eigenvalue weighted by atomic mass is 10.1. The molecular formula is C14H21NO2. The van der Waals surface area contributed by atoms with Crippen molar-refractivity contribution in [1.29, 1.82) is 0 Å². The maximum absolute atomic E-state index is 11.8. The van der Waals surface area contributed by atoms with Crippen LogP contribution in [0.3, 0.4) is 0 Å². The van der Waals surface area contributed by atoms with Gasteiger partial charge in [0, 0.05) is 6.04 Å². The number of nitrogens with one attached hydrogen (secondary N) is 1. The summed E-state index contributed by atoms with van der Waals surface area (Å²) in [6, 6.07) is 9.59. The van der Waals surface area contributed by atoms with Crippen molar-refractivity contribution in [1.82, 2.24) is 5.32 Å². The molecule has 3 nitrogen and oxygen atoms in total. The number of benzene rings is 1. The van der Waals surface area contributed by atoms with Crippen LogP contribution in [0.1, 0.15) is 38.3 Å². The average Bonchev–Trinajstić information content (AvgIpc) is 2.36. The number of methoxy groups -OCH3 is 1. The highest BCUT2D eigenvalue weighted by atomic mass is 16.5. The van der Waals surface area contributed by atoms with E-state index in [2.05, 4.69) is 19.2 Å². The van der Waals surface area contributed by atoms with Crippen molar-refractivity contribution in [3.8, 4) is 0 Å². The molecule has 0 bridgehead atoms. The normalized spacial score (nSPS) is 14.1. The lowest BCUT2D eigenvalue weighted by molar-refractivity contribution is -0.143. The van der Waals surface area contributed by atoms with Gasteiger partial charge in [0.25, 0.3) is 0 Å². The van der Waals surface area contributed by atoms with E-state index in [1.807, 2.05) is 30.3 Å². The minimum absolute atomic E-state index is 0.237. The molecule has 0 saturated heterocycles. The topological polar surface area (TPSA) is 38.3 Å². The Kier molecular flexibility index (Phi) is 5.70. The van der Waals surface area contributed by atoms with Gasteiger partial charge in [-0.25, -0.2) is 4.79 Å². The lowest BCUT2D eigenvalue weighted by Gasteiger charge is -2.21. The van der Waals surface area contributed by atoms with E-state index >= 15 is 0 Å². The summed E-state index contributed by atoms with van der Waals surface area (Å²) in [6.07, 6.45) is 2.14. The van der Waals surface area contributed by atoms with Crippen LogP contribution in [0.4, 0.5) is 0 Å². The minimum atomic E-state index is -0.372. The molecule has 0 heterocycles. The summed E-state index contributed by atoms with van der Waals surface area (Å²) in [5.41, 5.74) is 0.947. The summed E-state index contributed by atoms with van der Waals surface area (Å²) in [7, 11) is 1.42. The molecule has 2 unspecified atom stereocenters. The molecule has 1 rings (SSSR count). The van der Waals surface area contributed by atoms with Crippen LogP contribution in [0.5, 0.6) is 0 Å². The molecule has 0 aliphatic heterocycles. The van der Waals surface area contributed by atoms with Gasteiger partial charge in [-0.1, -0.05) is 43.7 Å². The molecule has 1 aromatic rings. The van der Waals surface area contributed by atoms with E-state index in [1.54, 1.807) is 0 Å². The van der Waals surface area contributed by atoms with Gasteiger partial charge in [-0.2, -0.15) is 0 Å². The van der Waals surface area contributed by atoms with Crippen LogP contribution in [0.25, 0.3) is 0 Å². The van der Waals surface area contributed by atoms with Gasteiger partial charge in [0.15, 0.2) is 0 Å². The van der Waals surface area contributed by atoms with Crippen LogP contribution in [-0.4, -0.2) is 19.1 Å². The fourth-order valence-corrected chi connectivity index (χ4v) is 1.86. The van der Waals surface area contributed by atoms with Gasteiger partial charge in [-0.3, -0.25) is 5.32 Å². The van der Waals surface area contributed by atoms with E-state index < -0.39 is 0 Å². The van der Waals surface area contributed by atoms with E-state index in [9.17, 15) is 4.79 Å². The quantitative estimate of drug-likeness (QED) is 0.770. The number of hydrogen-bond acceptors (Lipinski definition) is 3. The van der Waals surface area contributed by atoms with E-state index in [4.69, 9.17) is 4.74 Å². The zero-order chi connectivity index (χ0) is 12.7. The molecule has 17 heavy (non-hydrogen) atoms. The Balaban J connectivity index is 2.78. The van der Waals surface area contributed by atoms with Gasteiger partial charge in [-0.15, -0.1) is 0 Å². The molecule has 94 valence electrons. The van der Waals surface area contributed by atoms with Crippen LogP contribution >= 0.6 is 0 Å². The molecule has 3 heteroatoms. The number of carbonyl (C=O) groups excluding carboxylic acids is 1. The second kappa shape index (κ2) is 7.07. The molecule has 1 aromatic carbocycles. The Labute approximate surface area is 103 Å². The minimum Gasteiger partial charge on any atom is -0.468 e. The van der Waals surface area contributed by atoms with Gasteiger partial charge in [0.2, 0.25) is 0 Å². The highest BCUT2D eigenvalue weighted by Crippen LogP contribution is 2.15. The molecule has 0 radical (unpaired) electrons. The van der Waals surface area contributed by atoms with Gasteiger partial charge in [-0.05, 0) is 18.9 Å². The SMILES string of the molecule is CCCC(C)NC(C(=O)OC)c1ccccc1. The summed E-state index contributed by atoms with van der Waals surface area (Å²) in [4.78, 5) is 11.8. The highest BCUT2D eigenvalue weighted by molar-refractivity contribution is 5.77. The molecule has 0 amide bonds. The Hall–Kier alpha value is -1.35. The van der Waals surface area contributed by atoms with Gasteiger partial charge < -0.3 is 4.74 Å². The first-order valence-corrected chi connectivity index (χ1v) is 6.07. The van der Waals surface area contributed by atoms with E-state index in [1.165, 1.54) is 7.11 Å². The van der Waals surface area contributed by atoms with E-state index in [0.29, 0.717) is 6.04 Å². The fraction of sp³-hybridized carbons (Fsp3) is 0.500. The first-order valence-electron chi connectivity index (χ1n) is 6.07. The zero-order valence-electron chi connectivity index (χ0n) is 10.8. The predicted octanol–water partition coefficient (Wildman–Crippen LogP) is 2.68. The highest BCUT2D eigenvalue weighted by Gasteiger charge is 2.22. The fourth-order valence-electron chi connectivity index (χ4n) is 1.86. The molecular weight excluding hydrogens is 214 g/mol. The van der Waals surface area contributed by atoms with Crippen molar-refractivity contribution in [2.45, 2.75) is 38.8 Å². The van der Waals surface area contributed by atoms with Crippen LogP contribution in [0.2, 0.25) is 0 Å². The van der Waals surface area contributed by atoms with Crippen LogP contribution < -0.4 is 5.32 Å². The number of esters is 1. The number of hydrogen-bond donors (Lipinski definition) is 1. The Morgan fingerprint density at radius 3 is 2.53 bits per heavy atom. The number of ether oxygens (including phenoxy) is 1. The third-order valence-electron chi connectivity index (χ3n) is 2.74.